The van der Waals surface area contributed by atoms with E-state index in [9.17, 15) is 5.11 Å². The molecule has 0 spiro atoms. The summed E-state index contributed by atoms with van der Waals surface area (Å²) in [6.45, 7) is 4.41. The molecule has 0 fully saturated rings. The van der Waals surface area contributed by atoms with E-state index in [4.69, 9.17) is 0 Å². The van der Waals surface area contributed by atoms with E-state index in [0.717, 1.165) is 25.7 Å². The van der Waals surface area contributed by atoms with Crippen LogP contribution < -0.4 is 0 Å². The number of aliphatic hydroxyl groups is 1. The van der Waals surface area contributed by atoms with E-state index in [2.05, 4.69) is 50.0 Å². The molecule has 128 valence electrons. The largest absolute Gasteiger partial charge is 0.392 e. The predicted molar refractivity (Wildman–Crippen MR) is 103 cm³/mol. The van der Waals surface area contributed by atoms with Crippen LogP contribution in [0.4, 0.5) is 0 Å². The predicted octanol–water partition coefficient (Wildman–Crippen LogP) is 6.06. The SMILES string of the molecule is CCCCC#CC[C@H](Sc1ccccc1)[C@H](O)CCCCCC. The van der Waals surface area contributed by atoms with Crippen molar-refractivity contribution in [1.29, 1.82) is 0 Å². The molecule has 0 saturated carbocycles. The highest BCUT2D eigenvalue weighted by Crippen LogP contribution is 2.29. The standard InChI is InChI=1S/C21H32OS/c1-3-5-7-9-14-18-21(20(22)17-13-8-6-4-2)23-19-15-11-10-12-16-19/h10-12,15-16,20-22H,3-8,13,17-18H2,1-2H3/t20-,21+/m1/s1. The van der Waals surface area contributed by atoms with Crippen LogP contribution >= 0.6 is 11.8 Å². The molecule has 0 bridgehead atoms. The lowest BCUT2D eigenvalue weighted by molar-refractivity contribution is 0.158. The zero-order valence-corrected chi connectivity index (χ0v) is 15.6. The Labute approximate surface area is 147 Å². The normalized spacial score (nSPS) is 13.2. The molecule has 2 heteroatoms. The summed E-state index contributed by atoms with van der Waals surface area (Å²) in [4.78, 5) is 1.22. The summed E-state index contributed by atoms with van der Waals surface area (Å²) < 4.78 is 0. The van der Waals surface area contributed by atoms with Crippen molar-refractivity contribution in [3.05, 3.63) is 30.3 Å². The van der Waals surface area contributed by atoms with Crippen LogP contribution in [-0.2, 0) is 0 Å². The maximum Gasteiger partial charge on any atom is 0.0671 e. The third-order valence-corrected chi connectivity index (χ3v) is 5.22. The zero-order valence-electron chi connectivity index (χ0n) is 14.8. The van der Waals surface area contributed by atoms with Crippen LogP contribution in [0.15, 0.2) is 35.2 Å². The molecule has 2 atom stereocenters. The third-order valence-electron chi connectivity index (χ3n) is 3.90. The molecule has 0 amide bonds. The Bertz CT molecular complexity index is 446. The minimum Gasteiger partial charge on any atom is -0.392 e. The molecule has 0 unspecified atom stereocenters. The second-order valence-corrected chi connectivity index (χ2v) is 7.36. The van der Waals surface area contributed by atoms with Gasteiger partial charge in [-0.3, -0.25) is 0 Å². The van der Waals surface area contributed by atoms with Gasteiger partial charge in [0.15, 0.2) is 0 Å². The molecule has 1 aromatic rings. The first-order valence-electron chi connectivity index (χ1n) is 9.13. The fourth-order valence-electron chi connectivity index (χ4n) is 2.42. The Kier molecular flexibility index (Phi) is 11.8. The Morgan fingerprint density at radius 2 is 1.70 bits per heavy atom. The number of benzene rings is 1. The van der Waals surface area contributed by atoms with Crippen LogP contribution in [-0.4, -0.2) is 16.5 Å². The highest BCUT2D eigenvalue weighted by atomic mass is 32.2. The average Bonchev–Trinajstić information content (AvgIpc) is 2.58. The first-order valence-corrected chi connectivity index (χ1v) is 10.0. The molecule has 0 heterocycles. The number of thioether (sulfide) groups is 1. The van der Waals surface area contributed by atoms with Crippen molar-refractivity contribution in [2.75, 3.05) is 0 Å². The molecule has 0 radical (unpaired) electrons. The lowest BCUT2D eigenvalue weighted by Gasteiger charge is -2.20. The molecule has 0 saturated heterocycles. The molecule has 1 nitrogen and oxygen atoms in total. The Balaban J connectivity index is 2.53. The van der Waals surface area contributed by atoms with Gasteiger partial charge in [-0.05, 0) is 25.0 Å². The summed E-state index contributed by atoms with van der Waals surface area (Å²) in [5.41, 5.74) is 0. The molecule has 0 aliphatic rings. The second kappa shape index (κ2) is 13.5. The van der Waals surface area contributed by atoms with Gasteiger partial charge in [0.25, 0.3) is 0 Å². The molecule has 23 heavy (non-hydrogen) atoms. The monoisotopic (exact) mass is 332 g/mol. The maximum absolute atomic E-state index is 10.6. The molecule has 0 aliphatic carbocycles. The van der Waals surface area contributed by atoms with Crippen molar-refractivity contribution < 1.29 is 5.11 Å². The lowest BCUT2D eigenvalue weighted by atomic mass is 10.1. The van der Waals surface area contributed by atoms with Crippen molar-refractivity contribution in [3.8, 4) is 11.8 Å². The molecule has 1 N–H and O–H groups in total. The van der Waals surface area contributed by atoms with Crippen LogP contribution in [0.3, 0.4) is 0 Å². The van der Waals surface area contributed by atoms with Gasteiger partial charge in [-0.25, -0.2) is 0 Å². The van der Waals surface area contributed by atoms with Crippen LogP contribution in [0, 0.1) is 11.8 Å². The van der Waals surface area contributed by atoms with Gasteiger partial charge in [0.05, 0.1) is 6.10 Å². The minimum absolute atomic E-state index is 0.174. The summed E-state index contributed by atoms with van der Waals surface area (Å²) in [5, 5.41) is 10.8. The van der Waals surface area contributed by atoms with Gasteiger partial charge >= 0.3 is 0 Å². The highest BCUT2D eigenvalue weighted by Gasteiger charge is 2.19. The maximum atomic E-state index is 10.6. The van der Waals surface area contributed by atoms with Gasteiger partial charge in [0.2, 0.25) is 0 Å². The molecule has 1 rings (SSSR count). The van der Waals surface area contributed by atoms with Gasteiger partial charge in [-0.2, -0.15) is 0 Å². The lowest BCUT2D eigenvalue weighted by Crippen LogP contribution is -2.22. The Morgan fingerprint density at radius 3 is 2.39 bits per heavy atom. The quantitative estimate of drug-likeness (QED) is 0.302. The molecule has 0 aromatic heterocycles. The molecule has 0 aliphatic heterocycles. The summed E-state index contributed by atoms with van der Waals surface area (Å²) in [5.74, 6) is 6.55. The first-order chi connectivity index (χ1) is 11.3. The van der Waals surface area contributed by atoms with Crippen molar-refractivity contribution in [1.82, 2.24) is 0 Å². The molecule has 1 aromatic carbocycles. The average molecular weight is 333 g/mol. The molecular weight excluding hydrogens is 300 g/mol. The summed E-state index contributed by atoms with van der Waals surface area (Å²) >= 11 is 1.77. The van der Waals surface area contributed by atoms with Crippen molar-refractivity contribution in [2.24, 2.45) is 0 Å². The van der Waals surface area contributed by atoms with Gasteiger partial charge in [-0.1, -0.05) is 64.2 Å². The second-order valence-electron chi connectivity index (χ2n) is 6.05. The zero-order chi connectivity index (χ0) is 16.8. The summed E-state index contributed by atoms with van der Waals surface area (Å²) in [7, 11) is 0. The smallest absolute Gasteiger partial charge is 0.0671 e. The number of hydrogen-bond acceptors (Lipinski definition) is 2. The van der Waals surface area contributed by atoms with Gasteiger partial charge in [0.1, 0.15) is 0 Å². The van der Waals surface area contributed by atoms with E-state index < -0.39 is 0 Å². The summed E-state index contributed by atoms with van der Waals surface area (Å²) in [6, 6.07) is 10.4. The van der Waals surface area contributed by atoms with Crippen LogP contribution in [0.1, 0.15) is 71.6 Å². The van der Waals surface area contributed by atoms with E-state index in [0.29, 0.717) is 0 Å². The fraction of sp³-hybridized carbons (Fsp3) is 0.619. The van der Waals surface area contributed by atoms with E-state index >= 15 is 0 Å². The van der Waals surface area contributed by atoms with E-state index in [1.807, 2.05) is 6.07 Å². The van der Waals surface area contributed by atoms with Gasteiger partial charge < -0.3 is 5.11 Å². The minimum atomic E-state index is -0.266. The van der Waals surface area contributed by atoms with E-state index in [1.54, 1.807) is 11.8 Å². The third kappa shape index (κ3) is 9.74. The number of hydrogen-bond donors (Lipinski definition) is 1. The van der Waals surface area contributed by atoms with Crippen molar-refractivity contribution in [2.45, 2.75) is 87.9 Å². The van der Waals surface area contributed by atoms with Crippen LogP contribution in [0.25, 0.3) is 0 Å². The number of rotatable bonds is 11. The number of unbranched alkanes of at least 4 members (excludes halogenated alkanes) is 5. The highest BCUT2D eigenvalue weighted by molar-refractivity contribution is 8.00. The van der Waals surface area contributed by atoms with Crippen molar-refractivity contribution in [3.63, 3.8) is 0 Å². The fourth-order valence-corrected chi connectivity index (χ4v) is 3.55. The van der Waals surface area contributed by atoms with Crippen molar-refractivity contribution >= 4 is 11.8 Å². The first kappa shape index (κ1) is 20.1. The number of aliphatic hydroxyl groups excluding tert-OH is 1. The topological polar surface area (TPSA) is 20.2 Å². The van der Waals surface area contributed by atoms with E-state index in [-0.39, 0.29) is 11.4 Å². The van der Waals surface area contributed by atoms with E-state index in [1.165, 1.54) is 37.0 Å². The molecular formula is C21H32OS. The van der Waals surface area contributed by atoms with Crippen LogP contribution in [0.5, 0.6) is 0 Å². The summed E-state index contributed by atoms with van der Waals surface area (Å²) in [6.07, 6.45) is 9.58. The van der Waals surface area contributed by atoms with Gasteiger partial charge in [-0.15, -0.1) is 23.6 Å². The van der Waals surface area contributed by atoms with Gasteiger partial charge in [0, 0.05) is 23.0 Å². The van der Waals surface area contributed by atoms with Crippen LogP contribution in [0.2, 0.25) is 0 Å². The Morgan fingerprint density at radius 1 is 0.957 bits per heavy atom. The Hall–Kier alpha value is -0.910.